The molecule has 9 nitrogen and oxygen atoms in total. The molecule has 3 fully saturated rings. The minimum atomic E-state index is -0.281. The van der Waals surface area contributed by atoms with Gasteiger partial charge in [-0.05, 0) is 36.4 Å². The van der Waals surface area contributed by atoms with Crippen molar-refractivity contribution < 1.29 is 42.8 Å². The molecule has 3 atom stereocenters. The van der Waals surface area contributed by atoms with Crippen LogP contribution in [0.3, 0.4) is 0 Å². The molecule has 3 saturated heterocycles. The van der Waals surface area contributed by atoms with Crippen molar-refractivity contribution in [3.05, 3.63) is 108 Å². The summed E-state index contributed by atoms with van der Waals surface area (Å²) < 4.78 is 29.7. The zero-order valence-electron chi connectivity index (χ0n) is 21.3. The number of esters is 3. The molecule has 39 heavy (non-hydrogen) atoms. The van der Waals surface area contributed by atoms with Crippen molar-refractivity contribution in [3.8, 4) is 0 Å². The summed E-state index contributed by atoms with van der Waals surface area (Å²) in [5.41, 5.74) is 1.76. The van der Waals surface area contributed by atoms with E-state index in [1.165, 1.54) is 0 Å². The number of hydrogen-bond acceptors (Lipinski definition) is 9. The molecule has 9 heteroatoms. The maximum Gasteiger partial charge on any atom is 0.338 e. The van der Waals surface area contributed by atoms with Crippen molar-refractivity contribution in [2.24, 2.45) is 0 Å². The van der Waals surface area contributed by atoms with Crippen LogP contribution in [0.4, 0.5) is 0 Å². The van der Waals surface area contributed by atoms with Crippen LogP contribution in [0.1, 0.15) is 31.1 Å². The molecule has 3 aliphatic rings. The van der Waals surface area contributed by atoms with Crippen LogP contribution in [0.25, 0.3) is 0 Å². The van der Waals surface area contributed by atoms with Crippen molar-refractivity contribution in [2.45, 2.75) is 18.3 Å². The Morgan fingerprint density at radius 2 is 0.718 bits per heavy atom. The number of epoxide rings is 3. The zero-order valence-corrected chi connectivity index (χ0v) is 21.3. The van der Waals surface area contributed by atoms with E-state index in [-0.39, 0.29) is 36.2 Å². The predicted molar refractivity (Wildman–Crippen MR) is 139 cm³/mol. The molecule has 0 aromatic heterocycles. The molecule has 3 heterocycles. The highest BCUT2D eigenvalue weighted by atomic mass is 16.6. The summed E-state index contributed by atoms with van der Waals surface area (Å²) in [5, 5.41) is 0. The van der Waals surface area contributed by atoms with Gasteiger partial charge in [0.05, 0.1) is 36.5 Å². The second kappa shape index (κ2) is 14.8. The van der Waals surface area contributed by atoms with Gasteiger partial charge in [0, 0.05) is 0 Å². The molecule has 204 valence electrons. The molecular formula is C30H30O9. The summed E-state index contributed by atoms with van der Waals surface area (Å²) in [6.07, 6.45) is 0.396. The van der Waals surface area contributed by atoms with Gasteiger partial charge in [0.15, 0.2) is 0 Å². The van der Waals surface area contributed by atoms with Gasteiger partial charge in [-0.15, -0.1) is 0 Å². The molecule has 0 spiro atoms. The lowest BCUT2D eigenvalue weighted by Crippen LogP contribution is -2.09. The lowest BCUT2D eigenvalue weighted by molar-refractivity contribution is 0.0468. The Balaban J connectivity index is 0.000000136. The van der Waals surface area contributed by atoms with E-state index in [2.05, 4.69) is 0 Å². The van der Waals surface area contributed by atoms with E-state index in [0.717, 1.165) is 0 Å². The van der Waals surface area contributed by atoms with Gasteiger partial charge >= 0.3 is 17.9 Å². The van der Waals surface area contributed by atoms with Crippen molar-refractivity contribution in [1.82, 2.24) is 0 Å². The molecule has 6 rings (SSSR count). The predicted octanol–water partition coefficient (Wildman–Crippen LogP) is 3.73. The van der Waals surface area contributed by atoms with E-state index < -0.39 is 0 Å². The zero-order chi connectivity index (χ0) is 27.3. The van der Waals surface area contributed by atoms with Gasteiger partial charge in [0.25, 0.3) is 0 Å². The largest absolute Gasteiger partial charge is 0.459 e. The van der Waals surface area contributed by atoms with E-state index in [1.54, 1.807) is 36.4 Å². The molecule has 0 saturated carbocycles. The topological polar surface area (TPSA) is 116 Å². The van der Waals surface area contributed by atoms with Gasteiger partial charge in [-0.25, -0.2) is 14.4 Å². The van der Waals surface area contributed by atoms with Gasteiger partial charge in [0.1, 0.15) is 38.1 Å². The number of rotatable bonds is 9. The quantitative estimate of drug-likeness (QED) is 0.230. The van der Waals surface area contributed by atoms with Crippen molar-refractivity contribution >= 4 is 17.9 Å². The van der Waals surface area contributed by atoms with Crippen molar-refractivity contribution in [1.29, 1.82) is 0 Å². The molecule has 0 bridgehead atoms. The highest BCUT2D eigenvalue weighted by Crippen LogP contribution is 2.12. The van der Waals surface area contributed by atoms with Gasteiger partial charge < -0.3 is 28.4 Å². The molecule has 3 aromatic carbocycles. The highest BCUT2D eigenvalue weighted by molar-refractivity contribution is 5.90. The van der Waals surface area contributed by atoms with E-state index in [1.807, 2.05) is 54.6 Å². The Morgan fingerprint density at radius 1 is 0.487 bits per heavy atom. The second-order valence-corrected chi connectivity index (χ2v) is 8.76. The fraction of sp³-hybridized carbons (Fsp3) is 0.300. The Morgan fingerprint density at radius 3 is 0.923 bits per heavy atom. The van der Waals surface area contributed by atoms with Gasteiger partial charge in [-0.2, -0.15) is 0 Å². The summed E-state index contributed by atoms with van der Waals surface area (Å²) in [4.78, 5) is 33.9. The molecule has 3 unspecified atom stereocenters. The monoisotopic (exact) mass is 534 g/mol. The van der Waals surface area contributed by atoms with Crippen molar-refractivity contribution in [2.75, 3.05) is 39.6 Å². The van der Waals surface area contributed by atoms with Crippen LogP contribution in [0.5, 0.6) is 0 Å². The minimum Gasteiger partial charge on any atom is -0.459 e. The number of carbonyl (C=O) groups excluding carboxylic acids is 3. The fourth-order valence-corrected chi connectivity index (χ4v) is 2.97. The lowest BCUT2D eigenvalue weighted by atomic mass is 10.2. The minimum absolute atomic E-state index is 0.132. The van der Waals surface area contributed by atoms with E-state index in [0.29, 0.717) is 56.3 Å². The average molecular weight is 535 g/mol. The first-order valence-electron chi connectivity index (χ1n) is 12.6. The number of carbonyl (C=O) groups is 3. The van der Waals surface area contributed by atoms with E-state index in [9.17, 15) is 14.4 Å². The maximum atomic E-state index is 11.3. The van der Waals surface area contributed by atoms with Crippen molar-refractivity contribution in [3.63, 3.8) is 0 Å². The first kappa shape index (κ1) is 28.0. The molecule has 0 amide bonds. The summed E-state index contributed by atoms with van der Waals surface area (Å²) in [7, 11) is 0. The maximum absolute atomic E-state index is 11.3. The van der Waals surface area contributed by atoms with Crippen LogP contribution >= 0.6 is 0 Å². The normalized spacial score (nSPS) is 19.5. The second-order valence-electron chi connectivity index (χ2n) is 8.76. The van der Waals surface area contributed by atoms with Gasteiger partial charge in [-0.1, -0.05) is 54.6 Å². The Labute approximate surface area is 226 Å². The van der Waals surface area contributed by atoms with Gasteiger partial charge in [0.2, 0.25) is 0 Å². The first-order chi connectivity index (χ1) is 19.1. The SMILES string of the molecule is O=C(OCC1CO1)c1ccccc1.O=C(OCC1CO1)c1ccccc1.O=C(OCC1CO1)c1ccccc1. The molecule has 3 aliphatic heterocycles. The summed E-state index contributed by atoms with van der Waals surface area (Å²) in [6.45, 7) is 3.24. The average Bonchev–Trinajstić information content (AvgIpc) is 3.85. The number of benzene rings is 3. The highest BCUT2D eigenvalue weighted by Gasteiger charge is 2.25. The van der Waals surface area contributed by atoms with Crippen LogP contribution in [0.15, 0.2) is 91.0 Å². The summed E-state index contributed by atoms with van der Waals surface area (Å²) in [6, 6.07) is 26.8. The Kier molecular flexibility index (Phi) is 10.6. The van der Waals surface area contributed by atoms with Crippen LogP contribution in [-0.2, 0) is 28.4 Å². The smallest absolute Gasteiger partial charge is 0.338 e. The van der Waals surface area contributed by atoms with Crippen LogP contribution in [-0.4, -0.2) is 75.9 Å². The first-order valence-corrected chi connectivity index (χ1v) is 12.6. The van der Waals surface area contributed by atoms with Gasteiger partial charge in [-0.3, -0.25) is 0 Å². The number of ether oxygens (including phenoxy) is 6. The lowest BCUT2D eigenvalue weighted by Gasteiger charge is -2.01. The molecule has 3 aromatic rings. The van der Waals surface area contributed by atoms with E-state index in [4.69, 9.17) is 28.4 Å². The van der Waals surface area contributed by atoms with Crippen LogP contribution in [0, 0.1) is 0 Å². The molecule has 0 radical (unpaired) electrons. The Hall–Kier alpha value is -4.05. The third-order valence-corrected chi connectivity index (χ3v) is 5.44. The van der Waals surface area contributed by atoms with Crippen LogP contribution < -0.4 is 0 Å². The molecule has 0 N–H and O–H groups in total. The summed E-state index contributed by atoms with van der Waals surface area (Å²) in [5.74, 6) is -0.844. The Bertz CT molecular complexity index is 1020. The number of hydrogen-bond donors (Lipinski definition) is 0. The molecule has 0 aliphatic carbocycles. The van der Waals surface area contributed by atoms with E-state index >= 15 is 0 Å². The molecular weight excluding hydrogens is 504 g/mol. The standard InChI is InChI=1S/3C10H10O3/c3*11-10(13-7-9-6-12-9)8-4-2-1-3-5-8/h3*1-5,9H,6-7H2. The third kappa shape index (κ3) is 11.1. The fourth-order valence-electron chi connectivity index (χ4n) is 2.97. The van der Waals surface area contributed by atoms with Crippen LogP contribution in [0.2, 0.25) is 0 Å². The third-order valence-electron chi connectivity index (χ3n) is 5.44. The summed E-state index contributed by atoms with van der Waals surface area (Å²) >= 11 is 0.